The van der Waals surface area contributed by atoms with Crippen LogP contribution in [0.15, 0.2) is 0 Å². The van der Waals surface area contributed by atoms with Crippen molar-refractivity contribution >= 4 is 5.97 Å². The lowest BCUT2D eigenvalue weighted by Gasteiger charge is -2.14. The number of carbonyl (C=O) groups is 1. The summed E-state index contributed by atoms with van der Waals surface area (Å²) in [7, 11) is 1.41. The highest BCUT2D eigenvalue weighted by Crippen LogP contribution is 1.94. The van der Waals surface area contributed by atoms with Crippen molar-refractivity contribution < 1.29 is 14.3 Å². The molecular formula is C11H23NO3. The molecule has 0 heterocycles. The molecule has 0 aromatic heterocycles. The van der Waals surface area contributed by atoms with E-state index in [-0.39, 0.29) is 12.0 Å². The Morgan fingerprint density at radius 1 is 1.33 bits per heavy atom. The molecule has 0 saturated heterocycles. The zero-order valence-corrected chi connectivity index (χ0v) is 10.0. The average Bonchev–Trinajstić information content (AvgIpc) is 2.27. The molecule has 1 N–H and O–H groups in total. The Labute approximate surface area is 92.3 Å². The molecule has 0 aliphatic heterocycles. The lowest BCUT2D eigenvalue weighted by Crippen LogP contribution is -2.37. The van der Waals surface area contributed by atoms with E-state index >= 15 is 0 Å². The van der Waals surface area contributed by atoms with E-state index in [0.29, 0.717) is 0 Å². The van der Waals surface area contributed by atoms with Crippen LogP contribution in [0, 0.1) is 0 Å². The van der Waals surface area contributed by atoms with E-state index < -0.39 is 0 Å². The second-order valence-electron chi connectivity index (χ2n) is 3.40. The van der Waals surface area contributed by atoms with Gasteiger partial charge in [-0.3, -0.25) is 4.79 Å². The number of nitrogens with one attached hydrogen (secondary N) is 1. The Hall–Kier alpha value is -0.610. The summed E-state index contributed by atoms with van der Waals surface area (Å²) in [6.07, 6.45) is 2.73. The van der Waals surface area contributed by atoms with Crippen molar-refractivity contribution in [2.45, 2.75) is 39.2 Å². The molecule has 0 amide bonds. The fraction of sp³-hybridized carbons (Fsp3) is 0.909. The summed E-state index contributed by atoms with van der Waals surface area (Å²) < 4.78 is 10.00. The fourth-order valence-corrected chi connectivity index (χ4v) is 1.23. The van der Waals surface area contributed by atoms with E-state index in [1.807, 2.05) is 6.92 Å². The van der Waals surface area contributed by atoms with Crippen molar-refractivity contribution in [1.29, 1.82) is 0 Å². The Morgan fingerprint density at radius 2 is 2.07 bits per heavy atom. The average molecular weight is 217 g/mol. The summed E-state index contributed by atoms with van der Waals surface area (Å²) in [4.78, 5) is 11.2. The summed E-state index contributed by atoms with van der Waals surface area (Å²) in [5.41, 5.74) is 0. The molecule has 4 nitrogen and oxygen atoms in total. The van der Waals surface area contributed by atoms with Crippen LogP contribution >= 0.6 is 0 Å². The van der Waals surface area contributed by atoms with E-state index in [4.69, 9.17) is 4.74 Å². The maximum absolute atomic E-state index is 11.2. The largest absolute Gasteiger partial charge is 0.468 e. The standard InChI is InChI=1S/C11H23NO3/c1-4-8-15-9-6-7-12-10(5-2)11(13)14-3/h10,12H,4-9H2,1-3H3. The number of rotatable bonds is 9. The highest BCUT2D eigenvalue weighted by molar-refractivity contribution is 5.75. The van der Waals surface area contributed by atoms with Gasteiger partial charge in [0.2, 0.25) is 0 Å². The minimum absolute atomic E-state index is 0.179. The first-order valence-electron chi connectivity index (χ1n) is 5.65. The number of carbonyl (C=O) groups excluding carboxylic acids is 1. The van der Waals surface area contributed by atoms with Gasteiger partial charge in [-0.15, -0.1) is 0 Å². The minimum Gasteiger partial charge on any atom is -0.468 e. The van der Waals surface area contributed by atoms with Crippen LogP contribution in [0.3, 0.4) is 0 Å². The van der Waals surface area contributed by atoms with Crippen LogP contribution in [-0.4, -0.2) is 38.9 Å². The number of esters is 1. The molecule has 4 heteroatoms. The zero-order valence-electron chi connectivity index (χ0n) is 10.0. The quantitative estimate of drug-likeness (QED) is 0.468. The van der Waals surface area contributed by atoms with E-state index in [9.17, 15) is 4.79 Å². The van der Waals surface area contributed by atoms with Gasteiger partial charge in [0.05, 0.1) is 7.11 Å². The molecule has 0 spiro atoms. The van der Waals surface area contributed by atoms with Crippen molar-refractivity contribution in [2.24, 2.45) is 0 Å². The van der Waals surface area contributed by atoms with Gasteiger partial charge >= 0.3 is 5.97 Å². The Kier molecular flexibility index (Phi) is 9.52. The molecule has 1 atom stereocenters. The van der Waals surface area contributed by atoms with Gasteiger partial charge in [0.1, 0.15) is 6.04 Å². The highest BCUT2D eigenvalue weighted by Gasteiger charge is 2.14. The zero-order chi connectivity index (χ0) is 11.5. The molecule has 0 aliphatic carbocycles. The molecule has 0 aliphatic rings. The molecular weight excluding hydrogens is 194 g/mol. The van der Waals surface area contributed by atoms with Crippen molar-refractivity contribution in [3.8, 4) is 0 Å². The van der Waals surface area contributed by atoms with Crippen LogP contribution in [-0.2, 0) is 14.3 Å². The van der Waals surface area contributed by atoms with E-state index in [2.05, 4.69) is 17.0 Å². The van der Waals surface area contributed by atoms with Crippen LogP contribution in [0.1, 0.15) is 33.1 Å². The third-order valence-electron chi connectivity index (χ3n) is 2.10. The molecule has 1 unspecified atom stereocenters. The summed E-state index contributed by atoms with van der Waals surface area (Å²) in [5, 5.41) is 3.14. The van der Waals surface area contributed by atoms with E-state index in [1.54, 1.807) is 0 Å². The first-order chi connectivity index (χ1) is 7.26. The second-order valence-corrected chi connectivity index (χ2v) is 3.40. The number of methoxy groups -OCH3 is 1. The molecule has 0 radical (unpaired) electrons. The molecule has 0 fully saturated rings. The Morgan fingerprint density at radius 3 is 2.60 bits per heavy atom. The monoisotopic (exact) mass is 217 g/mol. The van der Waals surface area contributed by atoms with Gasteiger partial charge in [-0.25, -0.2) is 0 Å². The van der Waals surface area contributed by atoms with Crippen molar-refractivity contribution in [3.05, 3.63) is 0 Å². The van der Waals surface area contributed by atoms with Gasteiger partial charge in [-0.2, -0.15) is 0 Å². The molecule has 0 bridgehead atoms. The maximum Gasteiger partial charge on any atom is 0.322 e. The second kappa shape index (κ2) is 9.93. The first kappa shape index (κ1) is 14.4. The SMILES string of the molecule is CCCOCCCNC(CC)C(=O)OC. The highest BCUT2D eigenvalue weighted by atomic mass is 16.5. The molecule has 15 heavy (non-hydrogen) atoms. The normalized spacial score (nSPS) is 12.5. The first-order valence-corrected chi connectivity index (χ1v) is 5.65. The summed E-state index contributed by atoms with van der Waals surface area (Å²) in [6.45, 7) is 6.40. The number of hydrogen-bond donors (Lipinski definition) is 1. The van der Waals surface area contributed by atoms with Gasteiger partial charge in [0, 0.05) is 13.2 Å². The van der Waals surface area contributed by atoms with E-state index in [1.165, 1.54) is 7.11 Å². The van der Waals surface area contributed by atoms with Crippen molar-refractivity contribution in [3.63, 3.8) is 0 Å². The van der Waals surface area contributed by atoms with Crippen LogP contribution in [0.2, 0.25) is 0 Å². The van der Waals surface area contributed by atoms with Crippen LogP contribution < -0.4 is 5.32 Å². The predicted octanol–water partition coefficient (Wildman–Crippen LogP) is 1.34. The summed E-state index contributed by atoms with van der Waals surface area (Å²) in [5.74, 6) is -0.188. The minimum atomic E-state index is -0.188. The van der Waals surface area contributed by atoms with Gasteiger partial charge in [0.25, 0.3) is 0 Å². The fourth-order valence-electron chi connectivity index (χ4n) is 1.23. The molecule has 0 aromatic rings. The molecule has 0 rings (SSSR count). The molecule has 0 aromatic carbocycles. The van der Waals surface area contributed by atoms with Crippen molar-refractivity contribution in [2.75, 3.05) is 26.9 Å². The van der Waals surface area contributed by atoms with Crippen LogP contribution in [0.4, 0.5) is 0 Å². The van der Waals surface area contributed by atoms with Crippen LogP contribution in [0.25, 0.3) is 0 Å². The lowest BCUT2D eigenvalue weighted by molar-refractivity contribution is -0.143. The van der Waals surface area contributed by atoms with Crippen molar-refractivity contribution in [1.82, 2.24) is 5.32 Å². The Bertz CT molecular complexity index is 162. The molecule has 90 valence electrons. The number of hydrogen-bond acceptors (Lipinski definition) is 4. The topological polar surface area (TPSA) is 47.6 Å². The third-order valence-corrected chi connectivity index (χ3v) is 2.10. The maximum atomic E-state index is 11.2. The van der Waals surface area contributed by atoms with Crippen LogP contribution in [0.5, 0.6) is 0 Å². The lowest BCUT2D eigenvalue weighted by atomic mass is 10.2. The third kappa shape index (κ3) is 7.33. The summed E-state index contributed by atoms with van der Waals surface area (Å²) in [6, 6.07) is -0.179. The van der Waals surface area contributed by atoms with Gasteiger partial charge in [-0.1, -0.05) is 13.8 Å². The van der Waals surface area contributed by atoms with Gasteiger partial charge in [-0.05, 0) is 25.8 Å². The smallest absolute Gasteiger partial charge is 0.322 e. The van der Waals surface area contributed by atoms with Gasteiger partial charge in [0.15, 0.2) is 0 Å². The van der Waals surface area contributed by atoms with Gasteiger partial charge < -0.3 is 14.8 Å². The summed E-state index contributed by atoms with van der Waals surface area (Å²) >= 11 is 0. The van der Waals surface area contributed by atoms with E-state index in [0.717, 1.165) is 39.0 Å². The Balaban J connectivity index is 3.42. The molecule has 0 saturated carbocycles. The predicted molar refractivity (Wildman–Crippen MR) is 59.8 cm³/mol. The number of ether oxygens (including phenoxy) is 2.